The number of rotatable bonds is 4. The van der Waals surface area contributed by atoms with Crippen LogP contribution in [0, 0.1) is 0 Å². The lowest BCUT2D eigenvalue weighted by Crippen LogP contribution is -2.35. The van der Waals surface area contributed by atoms with E-state index in [2.05, 4.69) is 41.1 Å². The van der Waals surface area contributed by atoms with Crippen LogP contribution in [-0.4, -0.2) is 48.8 Å². The molecule has 3 rings (SSSR count). The largest absolute Gasteiger partial charge is 0.302 e. The molecule has 1 fully saturated rings. The van der Waals surface area contributed by atoms with Crippen molar-refractivity contribution >= 4 is 11.8 Å². The summed E-state index contributed by atoms with van der Waals surface area (Å²) in [4.78, 5) is 6.67. The summed E-state index contributed by atoms with van der Waals surface area (Å²) in [5.41, 5.74) is 1.54. The van der Waals surface area contributed by atoms with Gasteiger partial charge in [-0.2, -0.15) is 0 Å². The van der Waals surface area contributed by atoms with Crippen LogP contribution in [0.25, 0.3) is 0 Å². The molecule has 0 spiro atoms. The van der Waals surface area contributed by atoms with Gasteiger partial charge in [0.25, 0.3) is 0 Å². The molecule has 0 aromatic heterocycles. The third-order valence-electron chi connectivity index (χ3n) is 4.43. The first-order chi connectivity index (χ1) is 9.34. The minimum Gasteiger partial charge on any atom is -0.302 e. The molecule has 3 heteroatoms. The van der Waals surface area contributed by atoms with Gasteiger partial charge < -0.3 is 4.90 Å². The van der Waals surface area contributed by atoms with E-state index in [9.17, 15) is 0 Å². The van der Waals surface area contributed by atoms with Crippen LogP contribution in [0.3, 0.4) is 0 Å². The first kappa shape index (κ1) is 13.5. The molecule has 1 aromatic rings. The zero-order chi connectivity index (χ0) is 13.1. The van der Waals surface area contributed by atoms with Crippen molar-refractivity contribution < 1.29 is 0 Å². The molecule has 1 atom stereocenters. The molecule has 2 nitrogen and oxygen atoms in total. The summed E-state index contributed by atoms with van der Waals surface area (Å²) in [5, 5.41) is 0. The average Bonchev–Trinajstić information content (AvgIpc) is 2.97. The first-order valence-corrected chi connectivity index (χ1v) is 8.47. The minimum atomic E-state index is 0.625. The smallest absolute Gasteiger partial charge is 0.0364 e. The Labute approximate surface area is 121 Å². The molecule has 2 aliphatic rings. The number of hydrogen-bond donors (Lipinski definition) is 0. The SMILES string of the molecule is CN(CCN1CCCC1)[C@H]1CCSc2ccccc21. The van der Waals surface area contributed by atoms with E-state index in [1.54, 1.807) is 5.56 Å². The second-order valence-corrected chi connectivity index (χ2v) is 6.86. The zero-order valence-corrected chi connectivity index (χ0v) is 12.7. The quantitative estimate of drug-likeness (QED) is 0.833. The van der Waals surface area contributed by atoms with Gasteiger partial charge in [0, 0.05) is 24.0 Å². The standard InChI is InChI=1S/C16H24N2S/c1-17(11-12-18-9-4-5-10-18)15-8-13-19-16-7-3-2-6-14(15)16/h2-3,6-7,15H,4-5,8-13H2,1H3/t15-/m0/s1. The number of hydrogen-bond acceptors (Lipinski definition) is 3. The van der Waals surface area contributed by atoms with Gasteiger partial charge in [-0.15, -0.1) is 11.8 Å². The maximum absolute atomic E-state index is 2.61. The number of likely N-dealkylation sites (N-methyl/N-ethyl adjacent to an activating group) is 1. The Kier molecular flexibility index (Phi) is 4.46. The molecule has 0 aliphatic carbocycles. The third-order valence-corrected chi connectivity index (χ3v) is 5.55. The van der Waals surface area contributed by atoms with Crippen LogP contribution in [-0.2, 0) is 0 Å². The summed E-state index contributed by atoms with van der Waals surface area (Å²) < 4.78 is 0. The Balaban J connectivity index is 1.62. The third kappa shape index (κ3) is 3.15. The van der Waals surface area contributed by atoms with Gasteiger partial charge in [0.1, 0.15) is 0 Å². The minimum absolute atomic E-state index is 0.625. The lowest BCUT2D eigenvalue weighted by atomic mass is 10.0. The highest BCUT2D eigenvalue weighted by molar-refractivity contribution is 7.99. The van der Waals surface area contributed by atoms with Crippen molar-refractivity contribution in [2.45, 2.75) is 30.2 Å². The molecule has 104 valence electrons. The van der Waals surface area contributed by atoms with E-state index in [1.807, 2.05) is 11.8 Å². The van der Waals surface area contributed by atoms with E-state index < -0.39 is 0 Å². The molecule has 0 bridgehead atoms. The Hall–Kier alpha value is -0.510. The fraction of sp³-hybridized carbons (Fsp3) is 0.625. The molecule has 0 amide bonds. The molecule has 0 saturated carbocycles. The molecule has 19 heavy (non-hydrogen) atoms. The van der Waals surface area contributed by atoms with Gasteiger partial charge in [-0.1, -0.05) is 18.2 Å². The van der Waals surface area contributed by atoms with E-state index in [4.69, 9.17) is 0 Å². The van der Waals surface area contributed by atoms with E-state index in [1.165, 1.54) is 56.1 Å². The maximum atomic E-state index is 2.61. The molecule has 2 heterocycles. The van der Waals surface area contributed by atoms with Crippen molar-refractivity contribution in [2.75, 3.05) is 39.0 Å². The van der Waals surface area contributed by atoms with Crippen molar-refractivity contribution in [3.63, 3.8) is 0 Å². The zero-order valence-electron chi connectivity index (χ0n) is 11.8. The van der Waals surface area contributed by atoms with E-state index >= 15 is 0 Å². The fourth-order valence-electron chi connectivity index (χ4n) is 3.24. The van der Waals surface area contributed by atoms with E-state index in [0.717, 1.165) is 0 Å². The first-order valence-electron chi connectivity index (χ1n) is 7.49. The normalized spacial score (nSPS) is 23.8. The number of fused-ring (bicyclic) bond motifs is 1. The van der Waals surface area contributed by atoms with Crippen LogP contribution in [0.2, 0.25) is 0 Å². The van der Waals surface area contributed by atoms with Crippen molar-refractivity contribution in [3.05, 3.63) is 29.8 Å². The second-order valence-electron chi connectivity index (χ2n) is 5.72. The van der Waals surface area contributed by atoms with Gasteiger partial charge in [-0.25, -0.2) is 0 Å². The van der Waals surface area contributed by atoms with Crippen LogP contribution in [0.4, 0.5) is 0 Å². The summed E-state index contributed by atoms with van der Waals surface area (Å²) in [6.07, 6.45) is 4.08. The van der Waals surface area contributed by atoms with Gasteiger partial charge in [-0.05, 0) is 56.8 Å². The van der Waals surface area contributed by atoms with Crippen molar-refractivity contribution in [3.8, 4) is 0 Å². The molecular weight excluding hydrogens is 252 g/mol. The number of thioether (sulfide) groups is 1. The highest BCUT2D eigenvalue weighted by Gasteiger charge is 2.24. The van der Waals surface area contributed by atoms with Crippen molar-refractivity contribution in [1.29, 1.82) is 0 Å². The summed E-state index contributed by atoms with van der Waals surface area (Å²) in [5.74, 6) is 1.26. The monoisotopic (exact) mass is 276 g/mol. The van der Waals surface area contributed by atoms with E-state index in [-0.39, 0.29) is 0 Å². The topological polar surface area (TPSA) is 6.48 Å². The van der Waals surface area contributed by atoms with Crippen molar-refractivity contribution in [2.24, 2.45) is 0 Å². The van der Waals surface area contributed by atoms with Crippen LogP contribution in [0.5, 0.6) is 0 Å². The highest BCUT2D eigenvalue weighted by Crippen LogP contribution is 2.38. The lowest BCUT2D eigenvalue weighted by Gasteiger charge is -2.33. The molecule has 1 aromatic carbocycles. The molecular formula is C16H24N2S. The molecule has 0 unspecified atom stereocenters. The fourth-order valence-corrected chi connectivity index (χ4v) is 4.35. The van der Waals surface area contributed by atoms with Gasteiger partial charge in [0.2, 0.25) is 0 Å². The average molecular weight is 276 g/mol. The van der Waals surface area contributed by atoms with Crippen LogP contribution >= 0.6 is 11.8 Å². The number of likely N-dealkylation sites (tertiary alicyclic amines) is 1. The molecule has 2 aliphatic heterocycles. The summed E-state index contributed by atoms with van der Waals surface area (Å²) >= 11 is 2.02. The van der Waals surface area contributed by atoms with Crippen LogP contribution in [0.1, 0.15) is 30.9 Å². The summed E-state index contributed by atoms with van der Waals surface area (Å²) in [7, 11) is 2.30. The Morgan fingerprint density at radius 1 is 1.26 bits per heavy atom. The van der Waals surface area contributed by atoms with Crippen LogP contribution in [0.15, 0.2) is 29.2 Å². The summed E-state index contributed by atoms with van der Waals surface area (Å²) in [6, 6.07) is 9.57. The molecule has 0 radical (unpaired) electrons. The Morgan fingerprint density at radius 3 is 2.89 bits per heavy atom. The second kappa shape index (κ2) is 6.29. The lowest BCUT2D eigenvalue weighted by molar-refractivity contribution is 0.200. The van der Waals surface area contributed by atoms with Gasteiger partial charge >= 0.3 is 0 Å². The molecule has 1 saturated heterocycles. The number of benzene rings is 1. The Morgan fingerprint density at radius 2 is 2.05 bits per heavy atom. The molecule has 0 N–H and O–H groups in total. The predicted molar refractivity (Wildman–Crippen MR) is 82.8 cm³/mol. The van der Waals surface area contributed by atoms with Gasteiger partial charge in [0.15, 0.2) is 0 Å². The van der Waals surface area contributed by atoms with Crippen LogP contribution < -0.4 is 0 Å². The maximum Gasteiger partial charge on any atom is 0.0364 e. The highest BCUT2D eigenvalue weighted by atomic mass is 32.2. The predicted octanol–water partition coefficient (Wildman–Crippen LogP) is 3.25. The Bertz CT molecular complexity index is 415. The number of nitrogens with zero attached hydrogens (tertiary/aromatic N) is 2. The van der Waals surface area contributed by atoms with Crippen molar-refractivity contribution in [1.82, 2.24) is 9.80 Å². The van der Waals surface area contributed by atoms with Gasteiger partial charge in [0.05, 0.1) is 0 Å². The van der Waals surface area contributed by atoms with E-state index in [0.29, 0.717) is 6.04 Å². The van der Waals surface area contributed by atoms with Gasteiger partial charge in [-0.3, -0.25) is 4.90 Å². The summed E-state index contributed by atoms with van der Waals surface area (Å²) in [6.45, 7) is 5.06.